The third-order valence-corrected chi connectivity index (χ3v) is 5.75. The Hall–Kier alpha value is -2.10. The van der Waals surface area contributed by atoms with Crippen LogP contribution in [0.1, 0.15) is 10.4 Å². The van der Waals surface area contributed by atoms with Crippen LogP contribution >= 0.6 is 15.9 Å². The lowest BCUT2D eigenvalue weighted by atomic mass is 10.1. The fourth-order valence-corrected chi connectivity index (χ4v) is 3.34. The van der Waals surface area contributed by atoms with Crippen LogP contribution in [0, 0.1) is 5.82 Å². The van der Waals surface area contributed by atoms with Gasteiger partial charge in [-0.15, -0.1) is 0 Å². The number of halogens is 2. The van der Waals surface area contributed by atoms with E-state index in [0.29, 0.717) is 5.56 Å². The number of esters is 1. The summed E-state index contributed by atoms with van der Waals surface area (Å²) in [6, 6.07) is 10.7. The lowest BCUT2D eigenvalue weighted by molar-refractivity contribution is -0.142. The maximum absolute atomic E-state index is 12.9. The molecule has 0 spiro atoms. The number of hydrogen-bond donors (Lipinski definition) is 0. The van der Waals surface area contributed by atoms with Crippen molar-refractivity contribution in [3.63, 3.8) is 0 Å². The molecule has 0 aliphatic heterocycles. The van der Waals surface area contributed by atoms with Crippen molar-refractivity contribution in [2.24, 2.45) is 0 Å². The lowest BCUT2D eigenvalue weighted by Gasteiger charge is -2.16. The quantitative estimate of drug-likeness (QED) is 0.485. The maximum atomic E-state index is 12.9. The van der Waals surface area contributed by atoms with Gasteiger partial charge in [0.2, 0.25) is 10.0 Å². The molecule has 0 unspecified atom stereocenters. The predicted molar refractivity (Wildman–Crippen MR) is 95.6 cm³/mol. The Labute approximate surface area is 158 Å². The predicted octanol–water partition coefficient (Wildman–Crippen LogP) is 2.63. The summed E-state index contributed by atoms with van der Waals surface area (Å²) >= 11 is 3.25. The molecule has 2 rings (SSSR count). The minimum Gasteiger partial charge on any atom is -0.456 e. The molecule has 0 saturated carbocycles. The molecule has 0 aliphatic carbocycles. The Bertz CT molecular complexity index is 898. The highest BCUT2D eigenvalue weighted by Gasteiger charge is 2.24. The molecule has 26 heavy (non-hydrogen) atoms. The molecule has 0 saturated heterocycles. The van der Waals surface area contributed by atoms with E-state index in [2.05, 4.69) is 15.9 Å². The molecule has 0 radical (unpaired) electrons. The molecule has 0 bridgehead atoms. The van der Waals surface area contributed by atoms with Gasteiger partial charge in [-0.25, -0.2) is 12.8 Å². The number of Topliss-reactive ketones (excluding diaryl/α,β-unsaturated/α-hetero) is 1. The van der Waals surface area contributed by atoms with Crippen molar-refractivity contribution >= 4 is 37.7 Å². The molecule has 0 heterocycles. The fraction of sp³-hybridized carbons (Fsp3) is 0.176. The summed E-state index contributed by atoms with van der Waals surface area (Å²) in [4.78, 5) is 23.6. The van der Waals surface area contributed by atoms with E-state index in [-0.39, 0.29) is 4.90 Å². The average Bonchev–Trinajstić information content (AvgIpc) is 2.60. The first-order valence-electron chi connectivity index (χ1n) is 7.36. The van der Waals surface area contributed by atoms with Crippen LogP contribution in [0.25, 0.3) is 0 Å². The number of ketones is 1. The van der Waals surface area contributed by atoms with Gasteiger partial charge in [-0.05, 0) is 36.4 Å². The molecule has 0 fully saturated rings. The van der Waals surface area contributed by atoms with E-state index in [4.69, 9.17) is 4.74 Å². The van der Waals surface area contributed by atoms with E-state index in [1.807, 2.05) is 0 Å². The molecule has 138 valence electrons. The van der Waals surface area contributed by atoms with Gasteiger partial charge in [0.15, 0.2) is 12.4 Å². The minimum atomic E-state index is -3.97. The van der Waals surface area contributed by atoms with Gasteiger partial charge in [0.1, 0.15) is 12.4 Å². The minimum absolute atomic E-state index is 0.153. The standard InChI is InChI=1S/C17H15BrFNO5S/c1-20(26(23,24)15-8-6-14(19)7-9-15)10-17(22)25-11-16(21)12-2-4-13(18)5-3-12/h2-9H,10-11H2,1H3. The van der Waals surface area contributed by atoms with Gasteiger partial charge in [0.25, 0.3) is 0 Å². The SMILES string of the molecule is CN(CC(=O)OCC(=O)c1ccc(Br)cc1)S(=O)(=O)c1ccc(F)cc1. The second kappa shape index (κ2) is 8.52. The number of carbonyl (C=O) groups is 2. The van der Waals surface area contributed by atoms with E-state index < -0.39 is 40.7 Å². The second-order valence-corrected chi connectivity index (χ2v) is 8.27. The zero-order valence-corrected chi connectivity index (χ0v) is 16.1. The maximum Gasteiger partial charge on any atom is 0.321 e. The monoisotopic (exact) mass is 443 g/mol. The van der Waals surface area contributed by atoms with Crippen LogP contribution in [0.4, 0.5) is 4.39 Å². The summed E-state index contributed by atoms with van der Waals surface area (Å²) in [7, 11) is -2.78. The summed E-state index contributed by atoms with van der Waals surface area (Å²) in [5, 5.41) is 0. The average molecular weight is 444 g/mol. The highest BCUT2D eigenvalue weighted by Crippen LogP contribution is 2.15. The number of ether oxygens (including phenoxy) is 1. The number of hydrogen-bond acceptors (Lipinski definition) is 5. The van der Waals surface area contributed by atoms with E-state index in [9.17, 15) is 22.4 Å². The summed E-state index contributed by atoms with van der Waals surface area (Å²) in [6.07, 6.45) is 0. The third-order valence-electron chi connectivity index (χ3n) is 3.40. The van der Waals surface area contributed by atoms with Crippen LogP contribution in [-0.2, 0) is 19.6 Å². The van der Waals surface area contributed by atoms with Crippen molar-refractivity contribution in [3.8, 4) is 0 Å². The zero-order valence-electron chi connectivity index (χ0n) is 13.7. The molecular weight excluding hydrogens is 429 g/mol. The number of benzene rings is 2. The largest absolute Gasteiger partial charge is 0.456 e. The van der Waals surface area contributed by atoms with Crippen molar-refractivity contribution in [2.75, 3.05) is 20.2 Å². The van der Waals surface area contributed by atoms with Gasteiger partial charge in [-0.3, -0.25) is 9.59 Å². The van der Waals surface area contributed by atoms with Gasteiger partial charge in [-0.2, -0.15) is 4.31 Å². The molecule has 0 atom stereocenters. The molecule has 9 heteroatoms. The van der Waals surface area contributed by atoms with Crippen LogP contribution in [0.15, 0.2) is 57.9 Å². The van der Waals surface area contributed by atoms with Crippen LogP contribution < -0.4 is 0 Å². The number of carbonyl (C=O) groups excluding carboxylic acids is 2. The first-order chi connectivity index (χ1) is 12.2. The van der Waals surface area contributed by atoms with Gasteiger partial charge in [0, 0.05) is 17.1 Å². The molecule has 2 aromatic carbocycles. The third kappa shape index (κ3) is 5.20. The van der Waals surface area contributed by atoms with Crippen molar-refractivity contribution < 1.29 is 27.1 Å². The van der Waals surface area contributed by atoms with Crippen LogP contribution in [0.3, 0.4) is 0 Å². The van der Waals surface area contributed by atoms with Gasteiger partial charge in [-0.1, -0.05) is 28.1 Å². The number of sulfonamides is 1. The Morgan fingerprint density at radius 2 is 1.65 bits per heavy atom. The lowest BCUT2D eigenvalue weighted by Crippen LogP contribution is -2.33. The molecule has 0 aliphatic rings. The number of likely N-dealkylation sites (N-methyl/N-ethyl adjacent to an activating group) is 1. The summed E-state index contributed by atoms with van der Waals surface area (Å²) in [5.74, 6) is -1.85. The first-order valence-corrected chi connectivity index (χ1v) is 9.60. The molecule has 0 N–H and O–H groups in total. The Morgan fingerprint density at radius 3 is 2.23 bits per heavy atom. The normalized spacial score (nSPS) is 11.4. The van der Waals surface area contributed by atoms with E-state index in [0.717, 1.165) is 33.0 Å². The molecule has 2 aromatic rings. The molecule has 6 nitrogen and oxygen atoms in total. The topological polar surface area (TPSA) is 80.8 Å². The van der Waals surface area contributed by atoms with Crippen molar-refractivity contribution in [1.82, 2.24) is 4.31 Å². The van der Waals surface area contributed by atoms with Crippen LogP contribution in [0.2, 0.25) is 0 Å². The van der Waals surface area contributed by atoms with Crippen molar-refractivity contribution in [1.29, 1.82) is 0 Å². The van der Waals surface area contributed by atoms with Crippen molar-refractivity contribution in [3.05, 3.63) is 64.4 Å². The van der Waals surface area contributed by atoms with Crippen LogP contribution in [-0.4, -0.2) is 44.7 Å². The van der Waals surface area contributed by atoms with Crippen molar-refractivity contribution in [2.45, 2.75) is 4.90 Å². The van der Waals surface area contributed by atoms with Gasteiger partial charge in [0.05, 0.1) is 4.90 Å². The Morgan fingerprint density at radius 1 is 1.08 bits per heavy atom. The highest BCUT2D eigenvalue weighted by atomic mass is 79.9. The summed E-state index contributed by atoms with van der Waals surface area (Å²) < 4.78 is 43.9. The van der Waals surface area contributed by atoms with Gasteiger partial charge < -0.3 is 4.74 Å². The van der Waals surface area contributed by atoms with E-state index in [1.165, 1.54) is 7.05 Å². The van der Waals surface area contributed by atoms with E-state index in [1.54, 1.807) is 24.3 Å². The smallest absolute Gasteiger partial charge is 0.321 e. The summed E-state index contributed by atoms with van der Waals surface area (Å²) in [5.41, 5.74) is 0.369. The Kier molecular flexibility index (Phi) is 6.63. The molecule has 0 amide bonds. The van der Waals surface area contributed by atoms with E-state index >= 15 is 0 Å². The highest BCUT2D eigenvalue weighted by molar-refractivity contribution is 9.10. The zero-order chi connectivity index (χ0) is 19.3. The summed E-state index contributed by atoms with van der Waals surface area (Å²) in [6.45, 7) is -1.07. The number of rotatable bonds is 7. The van der Waals surface area contributed by atoms with Gasteiger partial charge >= 0.3 is 5.97 Å². The second-order valence-electron chi connectivity index (χ2n) is 5.31. The number of nitrogens with zero attached hydrogens (tertiary/aromatic N) is 1. The molecule has 0 aromatic heterocycles. The van der Waals surface area contributed by atoms with Crippen LogP contribution in [0.5, 0.6) is 0 Å². The molecular formula is C17H15BrFNO5S. The first kappa shape index (κ1) is 20.2. The fourth-order valence-electron chi connectivity index (χ4n) is 1.96. The Balaban J connectivity index is 1.93.